The highest BCUT2D eigenvalue weighted by atomic mass is 35.5. The lowest BCUT2D eigenvalue weighted by atomic mass is 9.87. The molecule has 0 fully saturated rings. The first kappa shape index (κ1) is 14.9. The first-order valence-electron chi connectivity index (χ1n) is 6.26. The van der Waals surface area contributed by atoms with Crippen LogP contribution in [0.25, 0.3) is 0 Å². The van der Waals surface area contributed by atoms with E-state index < -0.39 is 0 Å². The van der Waals surface area contributed by atoms with E-state index in [1.54, 1.807) is 11.1 Å². The van der Waals surface area contributed by atoms with Crippen LogP contribution in [0, 0.1) is 0 Å². The second-order valence-corrected chi connectivity index (χ2v) is 5.28. The van der Waals surface area contributed by atoms with E-state index >= 15 is 0 Å². The lowest BCUT2D eigenvalue weighted by Crippen LogP contribution is -2.26. The van der Waals surface area contributed by atoms with E-state index in [1.807, 2.05) is 11.8 Å². The Balaban J connectivity index is 0.00000144. The fourth-order valence-electron chi connectivity index (χ4n) is 2.54. The average molecular weight is 272 g/mol. The van der Waals surface area contributed by atoms with Crippen LogP contribution in [0.15, 0.2) is 23.1 Å². The largest absolute Gasteiger partial charge is 0.310 e. The summed E-state index contributed by atoms with van der Waals surface area (Å²) in [4.78, 5) is 1.46. The number of benzene rings is 1. The number of aryl methyl sites for hydroxylation is 1. The molecule has 1 aromatic rings. The van der Waals surface area contributed by atoms with Crippen molar-refractivity contribution in [3.63, 3.8) is 0 Å². The zero-order chi connectivity index (χ0) is 11.4. The Labute approximate surface area is 115 Å². The minimum atomic E-state index is 0. The van der Waals surface area contributed by atoms with Crippen LogP contribution in [0.2, 0.25) is 0 Å². The van der Waals surface area contributed by atoms with Gasteiger partial charge in [-0.25, -0.2) is 0 Å². The van der Waals surface area contributed by atoms with Crippen molar-refractivity contribution in [2.45, 2.75) is 43.5 Å². The molecule has 0 saturated heterocycles. The van der Waals surface area contributed by atoms with Crippen LogP contribution in [0.1, 0.15) is 43.4 Å². The second kappa shape index (κ2) is 7.30. The Kier molecular flexibility index (Phi) is 6.39. The van der Waals surface area contributed by atoms with Crippen molar-refractivity contribution in [3.8, 4) is 0 Å². The van der Waals surface area contributed by atoms with Gasteiger partial charge < -0.3 is 5.32 Å². The zero-order valence-corrected chi connectivity index (χ0v) is 12.3. The van der Waals surface area contributed by atoms with Crippen molar-refractivity contribution in [2.24, 2.45) is 0 Å². The fourth-order valence-corrected chi connectivity index (χ4v) is 3.25. The molecule has 1 aliphatic rings. The van der Waals surface area contributed by atoms with Gasteiger partial charge in [-0.15, -0.1) is 24.2 Å². The lowest BCUT2D eigenvalue weighted by molar-refractivity contribution is 0.454. The molecule has 1 unspecified atom stereocenters. The number of hydrogen-bond acceptors (Lipinski definition) is 2. The first-order valence-corrected chi connectivity index (χ1v) is 7.48. The van der Waals surface area contributed by atoms with Gasteiger partial charge in [-0.3, -0.25) is 0 Å². The van der Waals surface area contributed by atoms with Crippen LogP contribution >= 0.6 is 24.2 Å². The molecule has 0 aliphatic heterocycles. The Hall–Kier alpha value is -0.180. The van der Waals surface area contributed by atoms with E-state index in [0.717, 1.165) is 6.54 Å². The van der Waals surface area contributed by atoms with E-state index in [4.69, 9.17) is 0 Å². The number of hydrogen-bond donors (Lipinski definition) is 1. The maximum atomic E-state index is 3.69. The van der Waals surface area contributed by atoms with Gasteiger partial charge in [0.05, 0.1) is 0 Å². The summed E-state index contributed by atoms with van der Waals surface area (Å²) in [6.07, 6.45) is 7.28. The highest BCUT2D eigenvalue weighted by Gasteiger charge is 2.21. The van der Waals surface area contributed by atoms with Crippen LogP contribution in [0.3, 0.4) is 0 Å². The van der Waals surface area contributed by atoms with E-state index in [-0.39, 0.29) is 12.4 Å². The maximum Gasteiger partial charge on any atom is 0.0334 e. The van der Waals surface area contributed by atoms with Crippen LogP contribution in [-0.2, 0) is 6.42 Å². The third-order valence-electron chi connectivity index (χ3n) is 3.30. The van der Waals surface area contributed by atoms with Gasteiger partial charge in [0.15, 0.2) is 0 Å². The normalized spacial score (nSPS) is 18.4. The molecule has 1 atom stereocenters. The fraction of sp³-hybridized carbons (Fsp3) is 0.571. The monoisotopic (exact) mass is 271 g/mol. The maximum absolute atomic E-state index is 3.69. The summed E-state index contributed by atoms with van der Waals surface area (Å²) in [6, 6.07) is 7.35. The van der Waals surface area contributed by atoms with Crippen LogP contribution in [-0.4, -0.2) is 12.8 Å². The standard InChI is InChI=1S/C14H21NS.ClH/c1-3-10-15-12-8-4-6-11-7-5-9-13(16-2)14(11)12;/h5,7,9,12,15H,3-4,6,8,10H2,1-2H3;1H. The number of halogens is 1. The lowest BCUT2D eigenvalue weighted by Gasteiger charge is -2.28. The molecule has 0 aromatic heterocycles. The molecule has 3 heteroatoms. The molecule has 0 bridgehead atoms. The van der Waals surface area contributed by atoms with Gasteiger partial charge in [-0.2, -0.15) is 0 Å². The summed E-state index contributed by atoms with van der Waals surface area (Å²) in [5, 5.41) is 3.69. The van der Waals surface area contributed by atoms with Crippen molar-refractivity contribution < 1.29 is 0 Å². The second-order valence-electron chi connectivity index (χ2n) is 4.43. The van der Waals surface area contributed by atoms with Crippen molar-refractivity contribution in [2.75, 3.05) is 12.8 Å². The van der Waals surface area contributed by atoms with Gasteiger partial charge in [0.2, 0.25) is 0 Å². The molecule has 1 aliphatic carbocycles. The molecule has 0 heterocycles. The predicted octanol–water partition coefficient (Wildman–Crippen LogP) is 4.21. The number of thioether (sulfide) groups is 1. The van der Waals surface area contributed by atoms with Crippen molar-refractivity contribution in [3.05, 3.63) is 29.3 Å². The predicted molar refractivity (Wildman–Crippen MR) is 79.4 cm³/mol. The molecule has 0 radical (unpaired) electrons. The van der Waals surface area contributed by atoms with Crippen molar-refractivity contribution in [1.82, 2.24) is 5.32 Å². The molecular formula is C14H22ClNS. The first-order chi connectivity index (χ1) is 7.86. The van der Waals surface area contributed by atoms with E-state index in [1.165, 1.54) is 30.6 Å². The highest BCUT2D eigenvalue weighted by molar-refractivity contribution is 7.98. The summed E-state index contributed by atoms with van der Waals surface area (Å²) in [5.74, 6) is 0. The SMILES string of the molecule is CCCNC1CCCc2cccc(SC)c21.Cl. The van der Waals surface area contributed by atoms with Gasteiger partial charge in [-0.05, 0) is 55.7 Å². The Morgan fingerprint density at radius 3 is 2.94 bits per heavy atom. The van der Waals surface area contributed by atoms with Crippen LogP contribution in [0.4, 0.5) is 0 Å². The summed E-state index contributed by atoms with van der Waals surface area (Å²) >= 11 is 1.88. The molecule has 1 N–H and O–H groups in total. The molecule has 0 amide bonds. The summed E-state index contributed by atoms with van der Waals surface area (Å²) in [7, 11) is 0. The minimum Gasteiger partial charge on any atom is -0.310 e. The zero-order valence-electron chi connectivity index (χ0n) is 10.7. The van der Waals surface area contributed by atoms with E-state index in [9.17, 15) is 0 Å². The third-order valence-corrected chi connectivity index (χ3v) is 4.10. The van der Waals surface area contributed by atoms with Gasteiger partial charge in [0.1, 0.15) is 0 Å². The molecule has 96 valence electrons. The van der Waals surface area contributed by atoms with Gasteiger partial charge >= 0.3 is 0 Å². The smallest absolute Gasteiger partial charge is 0.0334 e. The summed E-state index contributed by atoms with van der Waals surface area (Å²) in [6.45, 7) is 3.37. The summed E-state index contributed by atoms with van der Waals surface area (Å²) in [5.41, 5.74) is 3.14. The number of nitrogens with one attached hydrogen (secondary N) is 1. The van der Waals surface area contributed by atoms with E-state index in [0.29, 0.717) is 6.04 Å². The minimum absolute atomic E-state index is 0. The topological polar surface area (TPSA) is 12.0 Å². The average Bonchev–Trinajstić information content (AvgIpc) is 2.35. The molecule has 1 nitrogen and oxygen atoms in total. The van der Waals surface area contributed by atoms with Gasteiger partial charge in [0, 0.05) is 10.9 Å². The molecule has 17 heavy (non-hydrogen) atoms. The van der Waals surface area contributed by atoms with Gasteiger partial charge in [-0.1, -0.05) is 19.1 Å². The molecular weight excluding hydrogens is 250 g/mol. The van der Waals surface area contributed by atoms with Crippen molar-refractivity contribution >= 4 is 24.2 Å². The summed E-state index contributed by atoms with van der Waals surface area (Å²) < 4.78 is 0. The quantitative estimate of drug-likeness (QED) is 0.824. The Morgan fingerprint density at radius 2 is 2.24 bits per heavy atom. The molecule has 2 rings (SSSR count). The van der Waals surface area contributed by atoms with Crippen LogP contribution in [0.5, 0.6) is 0 Å². The van der Waals surface area contributed by atoms with E-state index in [2.05, 4.69) is 36.7 Å². The number of rotatable bonds is 4. The highest BCUT2D eigenvalue weighted by Crippen LogP contribution is 2.36. The molecule has 0 saturated carbocycles. The Bertz CT molecular complexity index is 340. The van der Waals surface area contributed by atoms with Gasteiger partial charge in [0.25, 0.3) is 0 Å². The molecule has 1 aromatic carbocycles. The molecule has 0 spiro atoms. The third kappa shape index (κ3) is 3.40. The van der Waals surface area contributed by atoms with Crippen molar-refractivity contribution in [1.29, 1.82) is 0 Å². The Morgan fingerprint density at radius 1 is 1.41 bits per heavy atom. The number of fused-ring (bicyclic) bond motifs is 1. The van der Waals surface area contributed by atoms with Crippen LogP contribution < -0.4 is 5.32 Å².